The second-order valence-electron chi connectivity index (χ2n) is 4.69. The van der Waals surface area contributed by atoms with E-state index in [0.29, 0.717) is 26.2 Å². The molecule has 1 unspecified atom stereocenters. The van der Waals surface area contributed by atoms with E-state index < -0.39 is 6.10 Å². The zero-order valence-electron chi connectivity index (χ0n) is 12.0. The summed E-state index contributed by atoms with van der Waals surface area (Å²) in [5.41, 5.74) is 1.77. The molecule has 0 aromatic heterocycles. The minimum Gasteiger partial charge on any atom is -0.382 e. The summed E-state index contributed by atoms with van der Waals surface area (Å²) in [7, 11) is 0. The average Bonchev–Trinajstić information content (AvgIpc) is 2.97. The number of hydrogen-bond acceptors (Lipinski definition) is 4. The summed E-state index contributed by atoms with van der Waals surface area (Å²) in [6.07, 6.45) is 0.755. The van der Waals surface area contributed by atoms with Gasteiger partial charge < -0.3 is 14.9 Å². The number of oxime groups is 1. The van der Waals surface area contributed by atoms with Crippen molar-refractivity contribution in [2.24, 2.45) is 5.16 Å². The van der Waals surface area contributed by atoms with Gasteiger partial charge in [-0.25, -0.2) is 0 Å². The maximum Gasteiger partial charge on any atom is 0.264 e. The van der Waals surface area contributed by atoms with Gasteiger partial charge >= 0.3 is 0 Å². The van der Waals surface area contributed by atoms with Crippen molar-refractivity contribution in [2.75, 3.05) is 19.8 Å². The number of halogens is 1. The molecule has 1 aromatic rings. The zero-order valence-corrected chi connectivity index (χ0v) is 13.6. The topological polar surface area (TPSA) is 59.9 Å². The summed E-state index contributed by atoms with van der Waals surface area (Å²) in [6.45, 7) is 3.89. The van der Waals surface area contributed by atoms with E-state index in [1.807, 2.05) is 31.2 Å². The van der Waals surface area contributed by atoms with Crippen LogP contribution in [0.3, 0.4) is 0 Å². The van der Waals surface area contributed by atoms with Gasteiger partial charge in [0.15, 0.2) is 0 Å². The Labute approximate surface area is 132 Å². The molecule has 1 N–H and O–H groups in total. The van der Waals surface area contributed by atoms with Crippen LogP contribution in [-0.4, -0.2) is 37.5 Å². The van der Waals surface area contributed by atoms with E-state index in [-0.39, 0.29) is 5.91 Å². The highest BCUT2D eigenvalue weighted by atomic mass is 79.9. The highest BCUT2D eigenvalue weighted by Crippen LogP contribution is 2.19. The van der Waals surface area contributed by atoms with Crippen LogP contribution in [0.25, 0.3) is 0 Å². The van der Waals surface area contributed by atoms with Crippen LogP contribution in [0.4, 0.5) is 0 Å². The lowest BCUT2D eigenvalue weighted by Gasteiger charge is -2.09. The summed E-state index contributed by atoms with van der Waals surface area (Å²) in [6, 6.07) is 7.80. The monoisotopic (exact) mass is 354 g/mol. The minimum absolute atomic E-state index is 0.125. The maximum atomic E-state index is 12.0. The fraction of sp³-hybridized carbons (Fsp3) is 0.467. The standard InChI is InChI=1S/C15H19BrN2O3/c1-2-20-8-4-7-17-15(19)14-10-13(18-21-14)11-5-3-6-12(16)9-11/h3,5-6,9,14H,2,4,7-8,10H2,1H3,(H,17,19). The van der Waals surface area contributed by atoms with E-state index in [1.54, 1.807) is 0 Å². The van der Waals surface area contributed by atoms with E-state index in [2.05, 4.69) is 26.4 Å². The lowest BCUT2D eigenvalue weighted by molar-refractivity contribution is -0.131. The number of benzene rings is 1. The summed E-state index contributed by atoms with van der Waals surface area (Å²) >= 11 is 3.42. The van der Waals surface area contributed by atoms with E-state index in [1.165, 1.54) is 0 Å². The molecule has 0 saturated heterocycles. The van der Waals surface area contributed by atoms with Gasteiger partial charge in [0.25, 0.3) is 5.91 Å². The minimum atomic E-state index is -0.536. The quantitative estimate of drug-likeness (QED) is 0.765. The summed E-state index contributed by atoms with van der Waals surface area (Å²) in [4.78, 5) is 17.2. The van der Waals surface area contributed by atoms with Crippen molar-refractivity contribution < 1.29 is 14.4 Å². The normalized spacial score (nSPS) is 17.2. The smallest absolute Gasteiger partial charge is 0.264 e. The fourth-order valence-corrected chi connectivity index (χ4v) is 2.40. The van der Waals surface area contributed by atoms with Gasteiger partial charge in [0.05, 0.1) is 5.71 Å². The van der Waals surface area contributed by atoms with E-state index in [4.69, 9.17) is 9.57 Å². The third-order valence-electron chi connectivity index (χ3n) is 3.09. The van der Waals surface area contributed by atoms with Crippen molar-refractivity contribution in [1.82, 2.24) is 5.32 Å². The average molecular weight is 355 g/mol. The van der Waals surface area contributed by atoms with Crippen LogP contribution in [0.5, 0.6) is 0 Å². The molecule has 1 aromatic carbocycles. The molecule has 1 aliphatic rings. The highest BCUT2D eigenvalue weighted by molar-refractivity contribution is 9.10. The fourth-order valence-electron chi connectivity index (χ4n) is 2.00. The van der Waals surface area contributed by atoms with Gasteiger partial charge in [-0.05, 0) is 25.5 Å². The number of nitrogens with zero attached hydrogens (tertiary/aromatic N) is 1. The second kappa shape index (κ2) is 8.14. The third kappa shape index (κ3) is 4.82. The summed E-state index contributed by atoms with van der Waals surface area (Å²) in [5, 5.41) is 6.86. The largest absolute Gasteiger partial charge is 0.382 e. The van der Waals surface area contributed by atoms with Crippen LogP contribution in [0.15, 0.2) is 33.9 Å². The van der Waals surface area contributed by atoms with Crippen LogP contribution in [-0.2, 0) is 14.4 Å². The van der Waals surface area contributed by atoms with E-state index in [0.717, 1.165) is 22.2 Å². The molecule has 114 valence electrons. The Balaban J connectivity index is 1.77. The predicted octanol–water partition coefficient (Wildman–Crippen LogP) is 2.48. The molecule has 5 nitrogen and oxygen atoms in total. The Morgan fingerprint density at radius 3 is 3.19 bits per heavy atom. The molecule has 0 fully saturated rings. The lowest BCUT2D eigenvalue weighted by atomic mass is 10.0. The molecule has 0 spiro atoms. The molecule has 0 bridgehead atoms. The summed E-state index contributed by atoms with van der Waals surface area (Å²) in [5.74, 6) is -0.125. The SMILES string of the molecule is CCOCCCNC(=O)C1CC(c2cccc(Br)c2)=NO1. The number of carbonyl (C=O) groups excluding carboxylic acids is 1. The van der Waals surface area contributed by atoms with Crippen LogP contribution < -0.4 is 5.32 Å². The lowest BCUT2D eigenvalue weighted by Crippen LogP contribution is -2.35. The number of rotatable bonds is 7. The first-order valence-electron chi connectivity index (χ1n) is 7.04. The molecule has 0 saturated carbocycles. The first-order chi connectivity index (χ1) is 10.2. The Bertz CT molecular complexity index is 519. The predicted molar refractivity (Wildman–Crippen MR) is 84.3 cm³/mol. The molecule has 1 atom stereocenters. The Kier molecular flexibility index (Phi) is 6.20. The van der Waals surface area contributed by atoms with Crippen LogP contribution >= 0.6 is 15.9 Å². The molecular formula is C15H19BrN2O3. The van der Waals surface area contributed by atoms with Crippen molar-refractivity contribution in [3.05, 3.63) is 34.3 Å². The molecule has 2 rings (SSSR count). The number of ether oxygens (including phenoxy) is 1. The van der Waals surface area contributed by atoms with Crippen molar-refractivity contribution >= 4 is 27.5 Å². The van der Waals surface area contributed by atoms with Gasteiger partial charge in [-0.3, -0.25) is 4.79 Å². The molecule has 1 aliphatic heterocycles. The molecule has 1 amide bonds. The molecule has 6 heteroatoms. The maximum absolute atomic E-state index is 12.0. The third-order valence-corrected chi connectivity index (χ3v) is 3.58. The van der Waals surface area contributed by atoms with Gasteiger partial charge in [-0.15, -0.1) is 0 Å². The van der Waals surface area contributed by atoms with Gasteiger partial charge in [0, 0.05) is 36.2 Å². The van der Waals surface area contributed by atoms with Crippen molar-refractivity contribution in [2.45, 2.75) is 25.9 Å². The molecular weight excluding hydrogens is 336 g/mol. The van der Waals surface area contributed by atoms with Crippen LogP contribution in [0.2, 0.25) is 0 Å². The number of nitrogens with one attached hydrogen (secondary N) is 1. The Hall–Kier alpha value is -1.40. The number of amides is 1. The van der Waals surface area contributed by atoms with Crippen LogP contribution in [0, 0.1) is 0 Å². The first-order valence-corrected chi connectivity index (χ1v) is 7.84. The van der Waals surface area contributed by atoms with Gasteiger partial charge in [0.1, 0.15) is 0 Å². The zero-order chi connectivity index (χ0) is 15.1. The van der Waals surface area contributed by atoms with E-state index in [9.17, 15) is 4.79 Å². The number of hydrogen-bond donors (Lipinski definition) is 1. The van der Waals surface area contributed by atoms with Crippen molar-refractivity contribution in [1.29, 1.82) is 0 Å². The molecule has 0 radical (unpaired) electrons. The Morgan fingerprint density at radius 2 is 2.43 bits per heavy atom. The molecule has 21 heavy (non-hydrogen) atoms. The van der Waals surface area contributed by atoms with Gasteiger partial charge in [-0.2, -0.15) is 0 Å². The van der Waals surface area contributed by atoms with E-state index >= 15 is 0 Å². The van der Waals surface area contributed by atoms with Crippen LogP contribution in [0.1, 0.15) is 25.3 Å². The van der Waals surface area contributed by atoms with Crippen molar-refractivity contribution in [3.8, 4) is 0 Å². The van der Waals surface area contributed by atoms with Gasteiger partial charge in [-0.1, -0.05) is 33.2 Å². The number of carbonyl (C=O) groups is 1. The van der Waals surface area contributed by atoms with Crippen molar-refractivity contribution in [3.63, 3.8) is 0 Å². The Morgan fingerprint density at radius 1 is 1.57 bits per heavy atom. The second-order valence-corrected chi connectivity index (χ2v) is 5.60. The summed E-state index contributed by atoms with van der Waals surface area (Å²) < 4.78 is 6.20. The van der Waals surface area contributed by atoms with Gasteiger partial charge in [0.2, 0.25) is 6.10 Å². The molecule has 0 aliphatic carbocycles. The highest BCUT2D eigenvalue weighted by Gasteiger charge is 2.28. The molecule has 1 heterocycles. The first kappa shape index (κ1) is 16.0.